The Labute approximate surface area is 193 Å². The van der Waals surface area contributed by atoms with Crippen molar-refractivity contribution in [2.24, 2.45) is 0 Å². The Morgan fingerprint density at radius 1 is 1.00 bits per heavy atom. The molecule has 9 heteroatoms. The van der Waals surface area contributed by atoms with Crippen molar-refractivity contribution in [1.82, 2.24) is 19.9 Å². The topological polar surface area (TPSA) is 116 Å². The minimum absolute atomic E-state index is 0.274. The first-order valence-electron chi connectivity index (χ1n) is 11.0. The molecule has 4 N–H and O–H groups in total. The molecule has 1 aliphatic rings. The Morgan fingerprint density at radius 3 is 2.39 bits per heavy atom. The number of nitrogens with zero attached hydrogens (tertiary/aromatic N) is 4. The fourth-order valence-corrected chi connectivity index (χ4v) is 4.24. The van der Waals surface area contributed by atoms with Crippen LogP contribution in [0.5, 0.6) is 0 Å². The minimum Gasteiger partial charge on any atom is -0.389 e. The Kier molecular flexibility index (Phi) is 7.36. The van der Waals surface area contributed by atoms with Gasteiger partial charge in [-0.05, 0) is 41.8 Å². The Bertz CT molecular complexity index is 1030. The van der Waals surface area contributed by atoms with E-state index in [0.717, 1.165) is 28.1 Å². The van der Waals surface area contributed by atoms with E-state index in [1.54, 1.807) is 24.3 Å². The van der Waals surface area contributed by atoms with Crippen molar-refractivity contribution in [3.8, 4) is 5.69 Å². The predicted molar refractivity (Wildman–Crippen MR) is 124 cm³/mol. The molecule has 0 radical (unpaired) electrons. The Balaban J connectivity index is 1.39. The quantitative estimate of drug-likeness (QED) is 0.401. The van der Waals surface area contributed by atoms with E-state index in [4.69, 9.17) is 4.74 Å². The van der Waals surface area contributed by atoms with Crippen molar-refractivity contribution in [3.05, 3.63) is 71.5 Å². The van der Waals surface area contributed by atoms with Gasteiger partial charge in [-0.15, -0.1) is 0 Å². The van der Waals surface area contributed by atoms with Gasteiger partial charge in [-0.1, -0.05) is 24.3 Å². The molecule has 1 aliphatic heterocycles. The number of aliphatic hydroxyl groups is 3. The predicted octanol–water partition coefficient (Wildman–Crippen LogP) is 1.10. The van der Waals surface area contributed by atoms with Crippen molar-refractivity contribution < 1.29 is 20.1 Å². The first-order chi connectivity index (χ1) is 15.9. The number of aliphatic hydroxyl groups excluding tert-OH is 3. The van der Waals surface area contributed by atoms with Crippen LogP contribution in [0.4, 0.5) is 5.69 Å². The lowest BCUT2D eigenvalue weighted by Crippen LogP contribution is -2.62. The van der Waals surface area contributed by atoms with Crippen molar-refractivity contribution in [1.29, 1.82) is 0 Å². The number of hydrogen-bond acceptors (Lipinski definition) is 8. The van der Waals surface area contributed by atoms with Gasteiger partial charge in [-0.25, -0.2) is 0 Å². The number of aryl methyl sites for hydroxylation is 1. The summed E-state index contributed by atoms with van der Waals surface area (Å²) >= 11 is 0. The molecule has 0 aliphatic carbocycles. The lowest BCUT2D eigenvalue weighted by Gasteiger charge is -2.43. The maximum Gasteiger partial charge on any atom is 0.109 e. The lowest BCUT2D eigenvalue weighted by atomic mass is 9.93. The normalized spacial score (nSPS) is 23.5. The van der Waals surface area contributed by atoms with Crippen LogP contribution in [0.25, 0.3) is 5.69 Å². The summed E-state index contributed by atoms with van der Waals surface area (Å²) in [7, 11) is 1.56. The molecule has 1 aromatic heterocycles. The van der Waals surface area contributed by atoms with Gasteiger partial charge in [0.25, 0.3) is 0 Å². The molecular formula is C24H31N5O4. The number of rotatable bonds is 8. The molecule has 2 aromatic carbocycles. The minimum atomic E-state index is -1.17. The monoisotopic (exact) mass is 453 g/mol. The highest BCUT2D eigenvalue weighted by Gasteiger charge is 2.41. The van der Waals surface area contributed by atoms with E-state index in [2.05, 4.69) is 33.7 Å². The van der Waals surface area contributed by atoms with E-state index in [-0.39, 0.29) is 19.2 Å². The SMILES string of the molecule is COC[C@@H]1[C@@H](O)[C@H](O)[C@@H](O)CN1Cc1ccc(CNc2cc(C)cc(-n3nccn3)c2)cc1. The van der Waals surface area contributed by atoms with Crippen molar-refractivity contribution in [2.75, 3.05) is 25.6 Å². The van der Waals surface area contributed by atoms with Gasteiger partial charge >= 0.3 is 0 Å². The van der Waals surface area contributed by atoms with Crippen molar-refractivity contribution in [3.63, 3.8) is 0 Å². The van der Waals surface area contributed by atoms with E-state index in [1.807, 2.05) is 36.1 Å². The fourth-order valence-electron chi connectivity index (χ4n) is 4.24. The van der Waals surface area contributed by atoms with E-state index >= 15 is 0 Å². The van der Waals surface area contributed by atoms with Crippen LogP contribution in [0.3, 0.4) is 0 Å². The highest BCUT2D eigenvalue weighted by molar-refractivity contribution is 5.53. The molecule has 0 bridgehead atoms. The van der Waals surface area contributed by atoms with Crippen LogP contribution in [0, 0.1) is 6.92 Å². The van der Waals surface area contributed by atoms with Crippen LogP contribution in [0.15, 0.2) is 54.9 Å². The zero-order valence-corrected chi connectivity index (χ0v) is 18.9. The maximum atomic E-state index is 10.4. The lowest BCUT2D eigenvalue weighted by molar-refractivity contribution is -0.149. The zero-order valence-electron chi connectivity index (χ0n) is 18.9. The van der Waals surface area contributed by atoms with Crippen LogP contribution < -0.4 is 5.32 Å². The molecule has 33 heavy (non-hydrogen) atoms. The highest BCUT2D eigenvalue weighted by Crippen LogP contribution is 2.22. The largest absolute Gasteiger partial charge is 0.389 e. The molecular weight excluding hydrogens is 422 g/mol. The highest BCUT2D eigenvalue weighted by atomic mass is 16.5. The Hall–Kier alpha value is -2.82. The molecule has 0 spiro atoms. The molecule has 0 unspecified atom stereocenters. The van der Waals surface area contributed by atoms with E-state index in [1.165, 1.54) is 0 Å². The third-order valence-electron chi connectivity index (χ3n) is 5.98. The summed E-state index contributed by atoms with van der Waals surface area (Å²) in [5.74, 6) is 0. The molecule has 176 valence electrons. The first-order valence-corrected chi connectivity index (χ1v) is 11.0. The molecule has 9 nitrogen and oxygen atoms in total. The summed E-state index contributed by atoms with van der Waals surface area (Å²) in [6.07, 6.45) is 0.0891. The first kappa shape index (κ1) is 23.3. The molecule has 3 aromatic rings. The number of hydrogen-bond donors (Lipinski definition) is 4. The van der Waals surface area contributed by atoms with Crippen LogP contribution in [-0.4, -0.2) is 79.8 Å². The van der Waals surface area contributed by atoms with Crippen molar-refractivity contribution in [2.45, 2.75) is 44.4 Å². The Morgan fingerprint density at radius 2 is 1.70 bits per heavy atom. The zero-order chi connectivity index (χ0) is 23.4. The van der Waals surface area contributed by atoms with Gasteiger partial charge in [0.1, 0.15) is 12.2 Å². The van der Waals surface area contributed by atoms with Crippen LogP contribution in [0.1, 0.15) is 16.7 Å². The third kappa shape index (κ3) is 5.58. The number of piperidine rings is 1. The number of β-amino-alcohol motifs (C(OH)–C–C–N with tert-alkyl or cyclic N) is 1. The summed E-state index contributed by atoms with van der Waals surface area (Å²) in [5, 5.41) is 42.3. The average molecular weight is 454 g/mol. The fraction of sp³-hybridized carbons (Fsp3) is 0.417. The number of benzene rings is 2. The summed E-state index contributed by atoms with van der Waals surface area (Å²) in [6.45, 7) is 3.79. The molecule has 4 rings (SSSR count). The van der Waals surface area contributed by atoms with Gasteiger partial charge in [0.2, 0.25) is 0 Å². The maximum absolute atomic E-state index is 10.4. The van der Waals surface area contributed by atoms with Gasteiger partial charge < -0.3 is 25.4 Å². The summed E-state index contributed by atoms with van der Waals surface area (Å²) in [5.41, 5.74) is 5.19. The van der Waals surface area contributed by atoms with Gasteiger partial charge in [0.15, 0.2) is 0 Å². The van der Waals surface area contributed by atoms with Gasteiger partial charge in [0, 0.05) is 32.4 Å². The van der Waals surface area contributed by atoms with Gasteiger partial charge in [-0.2, -0.15) is 15.0 Å². The van der Waals surface area contributed by atoms with Crippen LogP contribution in [-0.2, 0) is 17.8 Å². The van der Waals surface area contributed by atoms with Crippen LogP contribution >= 0.6 is 0 Å². The molecule has 1 saturated heterocycles. The third-order valence-corrected chi connectivity index (χ3v) is 5.98. The smallest absolute Gasteiger partial charge is 0.109 e. The number of nitrogens with one attached hydrogen (secondary N) is 1. The number of aromatic nitrogens is 3. The van der Waals surface area contributed by atoms with E-state index in [0.29, 0.717) is 13.1 Å². The standard InChI is InChI=1S/C24H31N5O4/c1-16-9-19(11-20(10-16)29-26-7-8-27-29)25-12-17-3-5-18(6-4-17)13-28-14-22(30)24(32)23(31)21(28)15-33-2/h3-11,21-25,30-32H,12-15H2,1-2H3/t21-,22+,23-,24-/m1/s1. The number of methoxy groups -OCH3 is 1. The van der Waals surface area contributed by atoms with E-state index in [9.17, 15) is 15.3 Å². The number of anilines is 1. The molecule has 1 fully saturated rings. The van der Waals surface area contributed by atoms with E-state index < -0.39 is 18.3 Å². The molecule has 0 amide bonds. The summed E-state index contributed by atoms with van der Waals surface area (Å²) < 4.78 is 5.22. The van der Waals surface area contributed by atoms with Gasteiger partial charge in [-0.3, -0.25) is 4.90 Å². The average Bonchev–Trinajstić information content (AvgIpc) is 3.35. The molecule has 0 saturated carbocycles. The number of likely N-dealkylation sites (tertiary alicyclic amines) is 1. The number of ether oxygens (including phenoxy) is 1. The second-order valence-corrected chi connectivity index (χ2v) is 8.55. The van der Waals surface area contributed by atoms with Crippen LogP contribution in [0.2, 0.25) is 0 Å². The molecule has 4 atom stereocenters. The summed E-state index contributed by atoms with van der Waals surface area (Å²) in [4.78, 5) is 3.55. The second kappa shape index (κ2) is 10.4. The molecule has 2 heterocycles. The second-order valence-electron chi connectivity index (χ2n) is 8.55. The van der Waals surface area contributed by atoms with Gasteiger partial charge in [0.05, 0.1) is 36.8 Å². The summed E-state index contributed by atoms with van der Waals surface area (Å²) in [6, 6.07) is 14.0. The van der Waals surface area contributed by atoms with Crippen molar-refractivity contribution >= 4 is 5.69 Å².